The first-order valence-electron chi connectivity index (χ1n) is 9.53. The molecule has 2 aromatic rings. The predicted molar refractivity (Wildman–Crippen MR) is 108 cm³/mol. The van der Waals surface area contributed by atoms with Gasteiger partial charge in [-0.25, -0.2) is 10.2 Å². The van der Waals surface area contributed by atoms with Crippen LogP contribution >= 0.6 is 0 Å². The van der Waals surface area contributed by atoms with Crippen molar-refractivity contribution in [3.63, 3.8) is 0 Å². The highest BCUT2D eigenvalue weighted by molar-refractivity contribution is 5.80. The minimum absolute atomic E-state index is 0.0399. The van der Waals surface area contributed by atoms with E-state index in [-0.39, 0.29) is 23.8 Å². The number of carbonyl (C=O) groups is 1. The lowest BCUT2D eigenvalue weighted by Gasteiger charge is -2.29. The Kier molecular flexibility index (Phi) is 4.91. The fraction of sp³-hybridized carbons (Fsp3) is 0.318. The van der Waals surface area contributed by atoms with E-state index in [1.54, 1.807) is 12.1 Å². The van der Waals surface area contributed by atoms with E-state index < -0.39 is 0 Å². The van der Waals surface area contributed by atoms with Crippen molar-refractivity contribution in [3.05, 3.63) is 58.2 Å². The maximum Gasteiger partial charge on any atom is 0.243 e. The molecule has 4 rings (SSSR count). The zero-order valence-corrected chi connectivity index (χ0v) is 16.2. The molecule has 28 heavy (non-hydrogen) atoms. The molecule has 0 radical (unpaired) electrons. The molecule has 1 amide bonds. The van der Waals surface area contributed by atoms with Gasteiger partial charge in [-0.1, -0.05) is 18.2 Å². The fourth-order valence-electron chi connectivity index (χ4n) is 3.96. The molecule has 0 aliphatic carbocycles. The van der Waals surface area contributed by atoms with Gasteiger partial charge in [0.2, 0.25) is 5.91 Å². The Hall–Kier alpha value is -2.70. The normalized spacial score (nSPS) is 21.3. The van der Waals surface area contributed by atoms with Crippen LogP contribution in [0.3, 0.4) is 0 Å². The molecular weight excluding hydrogens is 355 g/mol. The van der Waals surface area contributed by atoms with Gasteiger partial charge in [-0.3, -0.25) is 9.80 Å². The highest BCUT2D eigenvalue weighted by Crippen LogP contribution is 2.22. The summed E-state index contributed by atoms with van der Waals surface area (Å²) in [5, 5.41) is 6.49. The third kappa shape index (κ3) is 3.53. The first kappa shape index (κ1) is 18.7. The second-order valence-corrected chi connectivity index (χ2v) is 7.72. The van der Waals surface area contributed by atoms with E-state index in [1.807, 2.05) is 44.4 Å². The summed E-state index contributed by atoms with van der Waals surface area (Å²) in [7, 11) is 2.01. The predicted octanol–water partition coefficient (Wildman–Crippen LogP) is 0.903. The number of rotatable bonds is 3. The van der Waals surface area contributed by atoms with Crippen molar-refractivity contribution in [3.8, 4) is 11.1 Å². The maximum atomic E-state index is 13.7. The van der Waals surface area contributed by atoms with Gasteiger partial charge in [-0.05, 0) is 78.3 Å². The van der Waals surface area contributed by atoms with Crippen molar-refractivity contribution in [2.24, 2.45) is 11.8 Å². The molecule has 0 spiro atoms. The molecule has 0 saturated carbocycles. The number of likely N-dealkylation sites (tertiary alicyclic amines) is 1. The van der Waals surface area contributed by atoms with Gasteiger partial charge in [-0.2, -0.15) is 0 Å². The number of hydrogen-bond acceptors (Lipinski definition) is 4. The monoisotopic (exact) mass is 380 g/mol. The lowest BCUT2D eigenvalue weighted by atomic mass is 9.98. The van der Waals surface area contributed by atoms with E-state index in [0.717, 1.165) is 46.6 Å². The Bertz CT molecular complexity index is 1040. The number of carbonyl (C=O) groups excluding carboxylic acids is 1. The number of halogens is 1. The molecule has 1 saturated heterocycles. The van der Waals surface area contributed by atoms with Crippen LogP contribution in [0.1, 0.15) is 12.0 Å². The molecule has 0 bridgehead atoms. The summed E-state index contributed by atoms with van der Waals surface area (Å²) in [6.45, 7) is 3.63. The standard InChI is InChI=1S/C22H25FN4O/c1-14-3-6-19(23)11-20(14)16-5-4-15-10-21(25-12-18(15)9-16)27(24)22(28)17-7-8-26(2)13-17/h3-6,9-12,17,21,25H,7-8,13,24H2,1-2H3. The molecule has 2 heterocycles. The Morgan fingerprint density at radius 3 is 2.82 bits per heavy atom. The molecule has 146 valence electrons. The number of aryl methyl sites for hydroxylation is 1. The van der Waals surface area contributed by atoms with Gasteiger partial charge in [0.1, 0.15) is 12.0 Å². The minimum Gasteiger partial charge on any atom is -0.366 e. The molecule has 6 heteroatoms. The molecule has 3 N–H and O–H groups in total. The zero-order valence-electron chi connectivity index (χ0n) is 16.2. The van der Waals surface area contributed by atoms with Gasteiger partial charge in [0.15, 0.2) is 0 Å². The molecule has 2 atom stereocenters. The average Bonchev–Trinajstić information content (AvgIpc) is 3.14. The summed E-state index contributed by atoms with van der Waals surface area (Å²) >= 11 is 0. The van der Waals surface area contributed by atoms with Gasteiger partial charge >= 0.3 is 0 Å². The molecule has 2 aliphatic rings. The topological polar surface area (TPSA) is 61.6 Å². The lowest BCUT2D eigenvalue weighted by Crippen LogP contribution is -2.55. The minimum atomic E-state index is -0.382. The highest BCUT2D eigenvalue weighted by Gasteiger charge is 2.31. The fourth-order valence-corrected chi connectivity index (χ4v) is 3.96. The third-order valence-corrected chi connectivity index (χ3v) is 5.64. The van der Waals surface area contributed by atoms with Gasteiger partial charge in [-0.15, -0.1) is 0 Å². The molecule has 0 aromatic heterocycles. The van der Waals surface area contributed by atoms with Crippen LogP contribution in [0.25, 0.3) is 23.4 Å². The van der Waals surface area contributed by atoms with Crippen molar-refractivity contribution in [2.45, 2.75) is 19.5 Å². The number of benzene rings is 2. The van der Waals surface area contributed by atoms with Crippen LogP contribution in [0.4, 0.5) is 4.39 Å². The summed E-state index contributed by atoms with van der Waals surface area (Å²) < 4.78 is 13.7. The van der Waals surface area contributed by atoms with Crippen molar-refractivity contribution in [1.29, 1.82) is 0 Å². The van der Waals surface area contributed by atoms with Gasteiger partial charge in [0, 0.05) is 12.7 Å². The number of nitrogens with two attached hydrogens (primary N) is 1. The SMILES string of the molecule is Cc1ccc(F)cc1-c1ccc2c(c1)=CNC(N(N)C(=O)C1CCN(C)C1)C=2. The second kappa shape index (κ2) is 7.37. The number of amides is 1. The van der Waals surface area contributed by atoms with Crippen LogP contribution in [0.15, 0.2) is 36.4 Å². The van der Waals surface area contributed by atoms with Crippen LogP contribution in [0, 0.1) is 18.7 Å². The maximum absolute atomic E-state index is 13.7. The summed E-state index contributed by atoms with van der Waals surface area (Å²) in [4.78, 5) is 14.8. The summed E-state index contributed by atoms with van der Waals surface area (Å²) in [5.74, 6) is 5.80. The number of hydrazine groups is 1. The van der Waals surface area contributed by atoms with Gasteiger partial charge in [0.25, 0.3) is 0 Å². The van der Waals surface area contributed by atoms with Crippen LogP contribution < -0.4 is 21.6 Å². The van der Waals surface area contributed by atoms with E-state index >= 15 is 0 Å². The van der Waals surface area contributed by atoms with E-state index in [2.05, 4.69) is 10.2 Å². The summed E-state index contributed by atoms with van der Waals surface area (Å²) in [6, 6.07) is 10.8. The third-order valence-electron chi connectivity index (χ3n) is 5.64. The molecule has 2 aromatic carbocycles. The van der Waals surface area contributed by atoms with Gasteiger partial charge < -0.3 is 10.2 Å². The van der Waals surface area contributed by atoms with Crippen LogP contribution in [-0.4, -0.2) is 42.1 Å². The smallest absolute Gasteiger partial charge is 0.243 e. The van der Waals surface area contributed by atoms with E-state index in [4.69, 9.17) is 5.84 Å². The van der Waals surface area contributed by atoms with Crippen molar-refractivity contribution < 1.29 is 9.18 Å². The van der Waals surface area contributed by atoms with E-state index in [9.17, 15) is 9.18 Å². The van der Waals surface area contributed by atoms with Crippen LogP contribution in [0.5, 0.6) is 0 Å². The van der Waals surface area contributed by atoms with Crippen LogP contribution in [0.2, 0.25) is 0 Å². The lowest BCUT2D eigenvalue weighted by molar-refractivity contribution is -0.136. The Balaban J connectivity index is 1.59. The molecule has 5 nitrogen and oxygen atoms in total. The highest BCUT2D eigenvalue weighted by atomic mass is 19.1. The van der Waals surface area contributed by atoms with Gasteiger partial charge in [0.05, 0.1) is 5.92 Å². The summed E-state index contributed by atoms with van der Waals surface area (Å²) in [6.07, 6.45) is 4.28. The second-order valence-electron chi connectivity index (χ2n) is 7.72. The molecule has 2 unspecified atom stereocenters. The molecule has 1 fully saturated rings. The molecule has 2 aliphatic heterocycles. The average molecular weight is 380 g/mol. The van der Waals surface area contributed by atoms with Crippen molar-refractivity contribution in [1.82, 2.24) is 15.2 Å². The Morgan fingerprint density at radius 1 is 1.25 bits per heavy atom. The zero-order chi connectivity index (χ0) is 19.8. The first-order valence-corrected chi connectivity index (χ1v) is 9.53. The number of hydrogen-bond donors (Lipinski definition) is 2. The Morgan fingerprint density at radius 2 is 2.07 bits per heavy atom. The molecular formula is C22H25FN4O. The first-order chi connectivity index (χ1) is 13.4. The van der Waals surface area contributed by atoms with E-state index in [1.165, 1.54) is 11.1 Å². The number of fused-ring (bicyclic) bond motifs is 1. The van der Waals surface area contributed by atoms with Crippen LogP contribution in [-0.2, 0) is 4.79 Å². The quantitative estimate of drug-likeness (QED) is 0.472. The largest absolute Gasteiger partial charge is 0.366 e. The summed E-state index contributed by atoms with van der Waals surface area (Å²) in [5.41, 5.74) is 2.85. The Labute approximate surface area is 163 Å². The van der Waals surface area contributed by atoms with Crippen molar-refractivity contribution in [2.75, 3.05) is 20.1 Å². The van der Waals surface area contributed by atoms with E-state index in [0.29, 0.717) is 0 Å². The van der Waals surface area contributed by atoms with Crippen molar-refractivity contribution >= 4 is 18.2 Å². The number of nitrogens with zero attached hydrogens (tertiary/aromatic N) is 2. The number of nitrogens with one attached hydrogen (secondary N) is 1.